The zero-order valence-corrected chi connectivity index (χ0v) is 14.1. The van der Waals surface area contributed by atoms with Gasteiger partial charge in [-0.2, -0.15) is 4.98 Å². The number of nitrogens with two attached hydrogens (primary N) is 1. The smallest absolute Gasteiger partial charge is 0.354 e. The number of aromatic amines is 2. The molecule has 4 rings (SSSR count). The third-order valence-electron chi connectivity index (χ3n) is 3.68. The predicted octanol–water partition coefficient (Wildman–Crippen LogP) is -1.12. The van der Waals surface area contributed by atoms with Crippen molar-refractivity contribution < 1.29 is 14.9 Å². The molecular weight excluding hydrogens is 364 g/mol. The van der Waals surface area contributed by atoms with Gasteiger partial charge in [-0.05, 0) is 0 Å². The van der Waals surface area contributed by atoms with Gasteiger partial charge in [0, 0.05) is 6.42 Å². The number of hydrogen-bond acceptors (Lipinski definition) is 10. The number of ether oxygens (including phenoxy) is 1. The van der Waals surface area contributed by atoms with Gasteiger partial charge in [-0.3, -0.25) is 4.57 Å². The lowest BCUT2D eigenvalue weighted by Gasteiger charge is -2.13. The second kappa shape index (κ2) is 7.65. The Kier molecular flexibility index (Phi) is 5.32. The zero-order valence-electron chi connectivity index (χ0n) is 13.3. The van der Waals surface area contributed by atoms with Crippen molar-refractivity contribution in [2.24, 2.45) is 0 Å². The van der Waals surface area contributed by atoms with E-state index in [1.807, 2.05) is 0 Å². The lowest BCUT2D eigenvalue weighted by atomic mass is 10.2. The van der Waals surface area contributed by atoms with Crippen molar-refractivity contribution >= 4 is 29.3 Å². The summed E-state index contributed by atoms with van der Waals surface area (Å²) in [5.74, 6) is -0.112. The van der Waals surface area contributed by atoms with Crippen LogP contribution in [0.4, 0.5) is 5.95 Å². The molecule has 0 unspecified atom stereocenters. The van der Waals surface area contributed by atoms with Gasteiger partial charge < -0.3 is 30.7 Å². The SMILES string of the molecule is Nc1ncn([C@H]2C[C@H](O)[C@@H](CO)O2)c(=O)n1.S=c1nc[nH]c2nc[nH]c12. The average molecular weight is 380 g/mol. The maximum absolute atomic E-state index is 11.4. The van der Waals surface area contributed by atoms with Gasteiger partial charge in [0.25, 0.3) is 0 Å². The molecule has 1 saturated heterocycles. The molecule has 3 aromatic heterocycles. The summed E-state index contributed by atoms with van der Waals surface area (Å²) >= 11 is 4.91. The van der Waals surface area contributed by atoms with E-state index in [9.17, 15) is 9.90 Å². The Morgan fingerprint density at radius 2 is 2.12 bits per heavy atom. The second-order valence-corrected chi connectivity index (χ2v) is 5.74. The molecule has 0 aliphatic carbocycles. The minimum absolute atomic E-state index is 0.112. The third-order valence-corrected chi connectivity index (χ3v) is 3.99. The van der Waals surface area contributed by atoms with E-state index in [1.54, 1.807) is 6.33 Å². The van der Waals surface area contributed by atoms with Crippen LogP contribution < -0.4 is 11.4 Å². The van der Waals surface area contributed by atoms with E-state index in [1.165, 1.54) is 12.7 Å². The highest BCUT2D eigenvalue weighted by Gasteiger charge is 2.35. The number of rotatable bonds is 2. The molecule has 0 spiro atoms. The van der Waals surface area contributed by atoms with Crippen molar-refractivity contribution in [3.63, 3.8) is 0 Å². The molecule has 12 nitrogen and oxygen atoms in total. The Balaban J connectivity index is 0.000000167. The van der Waals surface area contributed by atoms with Gasteiger partial charge in [0.2, 0.25) is 5.95 Å². The van der Waals surface area contributed by atoms with Crippen LogP contribution in [0.1, 0.15) is 12.6 Å². The Labute approximate surface area is 150 Å². The highest BCUT2D eigenvalue weighted by atomic mass is 32.1. The van der Waals surface area contributed by atoms with E-state index in [4.69, 9.17) is 27.8 Å². The zero-order chi connectivity index (χ0) is 18.7. The molecule has 0 aromatic carbocycles. The van der Waals surface area contributed by atoms with Crippen LogP contribution in [-0.4, -0.2) is 63.5 Å². The lowest BCUT2D eigenvalue weighted by Crippen LogP contribution is -2.28. The van der Waals surface area contributed by atoms with Crippen molar-refractivity contribution in [3.05, 3.63) is 34.1 Å². The van der Waals surface area contributed by atoms with Gasteiger partial charge in [-0.25, -0.2) is 19.7 Å². The van der Waals surface area contributed by atoms with Crippen LogP contribution in [0.5, 0.6) is 0 Å². The van der Waals surface area contributed by atoms with Gasteiger partial charge in [0.1, 0.15) is 24.2 Å². The van der Waals surface area contributed by atoms with Crippen LogP contribution in [0.25, 0.3) is 11.2 Å². The summed E-state index contributed by atoms with van der Waals surface area (Å²) in [5.41, 5.74) is 6.19. The second-order valence-electron chi connectivity index (χ2n) is 5.35. The lowest BCUT2D eigenvalue weighted by molar-refractivity contribution is -0.0462. The van der Waals surface area contributed by atoms with E-state index in [-0.39, 0.29) is 19.0 Å². The van der Waals surface area contributed by atoms with E-state index >= 15 is 0 Å². The maximum atomic E-state index is 11.4. The Morgan fingerprint density at radius 1 is 1.35 bits per heavy atom. The van der Waals surface area contributed by atoms with Crippen LogP contribution >= 0.6 is 12.2 Å². The number of nitrogens with one attached hydrogen (secondary N) is 2. The standard InChI is InChI=1S/C8H12N4O4.C5H4N4S/c9-7-10-3-12(8(15)11-7)6-1-4(14)5(2-13)16-6;10-5-3-4(7-1-6-3)8-2-9-5/h3-6,13-14H,1-2H2,(H2,9,11,15);1-2H,(H2,6,7,8,9,10)/t4-,5+,6+;/m0./s1. The van der Waals surface area contributed by atoms with Gasteiger partial charge in [-0.1, -0.05) is 12.2 Å². The average Bonchev–Trinajstić information content (AvgIpc) is 3.22. The third kappa shape index (κ3) is 3.75. The Hall–Kier alpha value is -2.74. The largest absolute Gasteiger partial charge is 0.394 e. The quantitative estimate of drug-likeness (QED) is 0.341. The van der Waals surface area contributed by atoms with Gasteiger partial charge in [0.05, 0.1) is 25.4 Å². The molecule has 0 bridgehead atoms. The molecule has 4 heterocycles. The molecule has 0 radical (unpaired) electrons. The normalized spacial score (nSPS) is 22.2. The minimum atomic E-state index is -0.806. The number of imidazole rings is 1. The number of H-pyrrole nitrogens is 2. The van der Waals surface area contributed by atoms with Crippen molar-refractivity contribution in [3.8, 4) is 0 Å². The summed E-state index contributed by atoms with van der Waals surface area (Å²) in [6.07, 6.45) is 2.37. The van der Waals surface area contributed by atoms with Crippen molar-refractivity contribution in [2.45, 2.75) is 24.9 Å². The minimum Gasteiger partial charge on any atom is -0.394 e. The molecular formula is C13H16N8O4S. The number of nitrogens with zero attached hydrogens (tertiary/aromatic N) is 5. The van der Waals surface area contributed by atoms with Crippen LogP contribution in [0.15, 0.2) is 23.8 Å². The summed E-state index contributed by atoms with van der Waals surface area (Å²) in [6.45, 7) is -0.303. The molecule has 3 aromatic rings. The number of nitrogen functional groups attached to an aromatic ring is 1. The van der Waals surface area contributed by atoms with E-state index < -0.39 is 24.1 Å². The van der Waals surface area contributed by atoms with E-state index in [2.05, 4.69) is 29.9 Å². The van der Waals surface area contributed by atoms with Crippen LogP contribution in [0.2, 0.25) is 0 Å². The first-order valence-corrected chi connectivity index (χ1v) is 7.92. The summed E-state index contributed by atoms with van der Waals surface area (Å²) in [6, 6.07) is 0. The first-order chi connectivity index (χ1) is 12.5. The number of fused-ring (bicyclic) bond motifs is 1. The summed E-state index contributed by atoms with van der Waals surface area (Å²) in [4.78, 5) is 32.1. The summed E-state index contributed by atoms with van der Waals surface area (Å²) in [7, 11) is 0. The van der Waals surface area contributed by atoms with Gasteiger partial charge in [0.15, 0.2) is 10.3 Å². The van der Waals surface area contributed by atoms with Crippen molar-refractivity contribution in [1.82, 2.24) is 34.5 Å². The molecule has 26 heavy (non-hydrogen) atoms. The van der Waals surface area contributed by atoms with Crippen molar-refractivity contribution in [1.29, 1.82) is 0 Å². The van der Waals surface area contributed by atoms with Crippen LogP contribution in [0.3, 0.4) is 0 Å². The van der Waals surface area contributed by atoms with E-state index in [0.29, 0.717) is 4.64 Å². The topological polar surface area (TPSA) is 181 Å². The molecule has 1 aliphatic heterocycles. The van der Waals surface area contributed by atoms with Crippen LogP contribution in [0, 0.1) is 4.64 Å². The number of anilines is 1. The van der Waals surface area contributed by atoms with Gasteiger partial charge >= 0.3 is 5.69 Å². The fourth-order valence-electron chi connectivity index (χ4n) is 2.39. The maximum Gasteiger partial charge on any atom is 0.354 e. The molecule has 13 heteroatoms. The molecule has 6 N–H and O–H groups in total. The number of hydrogen-bond donors (Lipinski definition) is 5. The summed E-state index contributed by atoms with van der Waals surface area (Å²) in [5, 5.41) is 18.4. The first-order valence-electron chi connectivity index (χ1n) is 7.51. The fourth-order valence-corrected chi connectivity index (χ4v) is 2.59. The highest BCUT2D eigenvalue weighted by Crippen LogP contribution is 2.26. The highest BCUT2D eigenvalue weighted by molar-refractivity contribution is 7.71. The molecule has 1 aliphatic rings. The van der Waals surface area contributed by atoms with Crippen LogP contribution in [-0.2, 0) is 4.74 Å². The molecule has 0 amide bonds. The number of aromatic nitrogens is 7. The van der Waals surface area contributed by atoms with Crippen molar-refractivity contribution in [2.75, 3.05) is 12.3 Å². The molecule has 0 saturated carbocycles. The molecule has 3 atom stereocenters. The fraction of sp³-hybridized carbons (Fsp3) is 0.385. The molecule has 138 valence electrons. The Bertz CT molecular complexity index is 1000. The monoisotopic (exact) mass is 380 g/mol. The summed E-state index contributed by atoms with van der Waals surface area (Å²) < 4.78 is 6.95. The Morgan fingerprint density at radius 3 is 2.77 bits per heavy atom. The predicted molar refractivity (Wildman–Crippen MR) is 91.4 cm³/mol. The molecule has 1 fully saturated rings. The number of aliphatic hydroxyl groups is 2. The first kappa shape index (κ1) is 18.1. The van der Waals surface area contributed by atoms with Gasteiger partial charge in [-0.15, -0.1) is 0 Å². The van der Waals surface area contributed by atoms with E-state index in [0.717, 1.165) is 15.7 Å². The number of aliphatic hydroxyl groups excluding tert-OH is 2.